The van der Waals surface area contributed by atoms with Crippen LogP contribution in [0.1, 0.15) is 30.3 Å². The third kappa shape index (κ3) is 3.15. The molecule has 2 heterocycles. The highest BCUT2D eigenvalue weighted by Gasteiger charge is 2.33. The van der Waals surface area contributed by atoms with Gasteiger partial charge in [-0.05, 0) is 62.1 Å². The first-order valence-electron chi connectivity index (χ1n) is 8.71. The third-order valence-electron chi connectivity index (χ3n) is 5.01. The van der Waals surface area contributed by atoms with Crippen LogP contribution >= 0.6 is 11.6 Å². The van der Waals surface area contributed by atoms with Crippen LogP contribution in [-0.4, -0.2) is 33.7 Å². The minimum Gasteiger partial charge on any atom is -0.463 e. The minimum atomic E-state index is -0.0788. The van der Waals surface area contributed by atoms with E-state index in [1.54, 1.807) is 34.0 Å². The van der Waals surface area contributed by atoms with Gasteiger partial charge < -0.3 is 9.32 Å². The van der Waals surface area contributed by atoms with Gasteiger partial charge in [0.1, 0.15) is 5.69 Å². The summed E-state index contributed by atoms with van der Waals surface area (Å²) < 4.78 is 7.26. The van der Waals surface area contributed by atoms with Crippen molar-refractivity contribution < 1.29 is 9.21 Å². The summed E-state index contributed by atoms with van der Waals surface area (Å²) in [5.74, 6) is 1.18. The van der Waals surface area contributed by atoms with Crippen molar-refractivity contribution in [2.45, 2.75) is 25.8 Å². The van der Waals surface area contributed by atoms with Crippen molar-refractivity contribution in [3.05, 3.63) is 59.4 Å². The predicted molar refractivity (Wildman–Crippen MR) is 101 cm³/mol. The van der Waals surface area contributed by atoms with Crippen molar-refractivity contribution in [3.63, 3.8) is 0 Å². The molecule has 6 heteroatoms. The van der Waals surface area contributed by atoms with Gasteiger partial charge >= 0.3 is 0 Å². The highest BCUT2D eigenvalue weighted by Crippen LogP contribution is 2.35. The largest absolute Gasteiger partial charge is 0.463 e. The maximum atomic E-state index is 12.9. The van der Waals surface area contributed by atoms with Crippen LogP contribution in [-0.2, 0) is 0 Å². The molecule has 1 amide bonds. The zero-order valence-corrected chi connectivity index (χ0v) is 15.5. The number of carbonyl (C=O) groups is 1. The van der Waals surface area contributed by atoms with E-state index < -0.39 is 0 Å². The van der Waals surface area contributed by atoms with Crippen molar-refractivity contribution in [1.29, 1.82) is 0 Å². The average Bonchev–Trinajstić information content (AvgIpc) is 3.18. The predicted octanol–water partition coefficient (Wildman–Crippen LogP) is 4.66. The van der Waals surface area contributed by atoms with Crippen LogP contribution in [0.5, 0.6) is 0 Å². The Kier molecular flexibility index (Phi) is 4.32. The molecular weight excluding hydrogens is 350 g/mol. The molecule has 4 rings (SSSR count). The molecule has 0 saturated heterocycles. The van der Waals surface area contributed by atoms with Gasteiger partial charge in [-0.3, -0.25) is 4.79 Å². The van der Waals surface area contributed by atoms with Crippen molar-refractivity contribution >= 4 is 17.5 Å². The van der Waals surface area contributed by atoms with E-state index in [0.29, 0.717) is 22.4 Å². The molecule has 0 aliphatic heterocycles. The van der Waals surface area contributed by atoms with Crippen LogP contribution in [0.3, 0.4) is 0 Å². The van der Waals surface area contributed by atoms with Crippen LogP contribution in [0.4, 0.5) is 0 Å². The zero-order chi connectivity index (χ0) is 18.3. The van der Waals surface area contributed by atoms with E-state index >= 15 is 0 Å². The van der Waals surface area contributed by atoms with Gasteiger partial charge in [-0.25, -0.2) is 4.68 Å². The summed E-state index contributed by atoms with van der Waals surface area (Å²) in [5, 5.41) is 5.22. The van der Waals surface area contributed by atoms with Crippen molar-refractivity contribution in [3.8, 4) is 17.1 Å². The fourth-order valence-corrected chi connectivity index (χ4v) is 3.25. The van der Waals surface area contributed by atoms with E-state index in [1.165, 1.54) is 12.8 Å². The lowest BCUT2D eigenvalue weighted by Crippen LogP contribution is -2.36. The van der Waals surface area contributed by atoms with Crippen LogP contribution in [0.25, 0.3) is 17.1 Å². The normalized spacial score (nSPS) is 15.0. The SMILES string of the molecule is CC(C1CC1)N(C)C(=O)c1cc(-c2ccco2)n(-c2ccc(Cl)cc2)n1. The molecule has 1 aliphatic carbocycles. The first-order valence-corrected chi connectivity index (χ1v) is 9.09. The fourth-order valence-electron chi connectivity index (χ4n) is 3.13. The van der Waals surface area contributed by atoms with Gasteiger partial charge in [-0.1, -0.05) is 11.6 Å². The van der Waals surface area contributed by atoms with Crippen LogP contribution < -0.4 is 0 Å². The molecule has 0 radical (unpaired) electrons. The summed E-state index contributed by atoms with van der Waals surface area (Å²) in [6.45, 7) is 2.10. The molecule has 134 valence electrons. The topological polar surface area (TPSA) is 51.3 Å². The van der Waals surface area contributed by atoms with E-state index in [2.05, 4.69) is 12.0 Å². The Morgan fingerprint density at radius 2 is 2.04 bits per heavy atom. The number of benzene rings is 1. The molecule has 1 saturated carbocycles. The molecule has 1 aliphatic rings. The van der Waals surface area contributed by atoms with E-state index in [0.717, 1.165) is 11.4 Å². The summed E-state index contributed by atoms with van der Waals surface area (Å²) in [6, 6.07) is 13.0. The first kappa shape index (κ1) is 16.9. The zero-order valence-electron chi connectivity index (χ0n) is 14.7. The van der Waals surface area contributed by atoms with Crippen LogP contribution in [0.15, 0.2) is 53.1 Å². The summed E-state index contributed by atoms with van der Waals surface area (Å²) in [6.07, 6.45) is 3.99. The molecule has 3 aromatic rings. The monoisotopic (exact) mass is 369 g/mol. The molecule has 0 N–H and O–H groups in total. The summed E-state index contributed by atoms with van der Waals surface area (Å²) >= 11 is 6.00. The second kappa shape index (κ2) is 6.65. The fraction of sp³-hybridized carbons (Fsp3) is 0.300. The number of hydrogen-bond acceptors (Lipinski definition) is 3. The minimum absolute atomic E-state index is 0.0788. The smallest absolute Gasteiger partial charge is 0.274 e. The number of carbonyl (C=O) groups excluding carboxylic acids is 1. The molecule has 1 fully saturated rings. The Balaban J connectivity index is 1.73. The van der Waals surface area contributed by atoms with Crippen molar-refractivity contribution in [2.75, 3.05) is 7.05 Å². The summed E-state index contributed by atoms with van der Waals surface area (Å²) in [4.78, 5) is 14.7. The Labute approximate surface area is 157 Å². The lowest BCUT2D eigenvalue weighted by molar-refractivity contribution is 0.0721. The number of aromatic nitrogens is 2. The molecule has 5 nitrogen and oxygen atoms in total. The molecule has 1 unspecified atom stereocenters. The number of hydrogen-bond donors (Lipinski definition) is 0. The lowest BCUT2D eigenvalue weighted by Gasteiger charge is -2.23. The number of furan rings is 1. The maximum Gasteiger partial charge on any atom is 0.274 e. The standard InChI is InChI=1S/C20H20ClN3O2/c1-13(14-5-6-14)23(2)20(25)17-12-18(19-4-3-11-26-19)24(22-17)16-9-7-15(21)8-10-16/h3-4,7-14H,5-6H2,1-2H3. The first-order chi connectivity index (χ1) is 12.5. The number of amides is 1. The van der Waals surface area contributed by atoms with Crippen LogP contribution in [0.2, 0.25) is 5.02 Å². The third-order valence-corrected chi connectivity index (χ3v) is 5.26. The van der Waals surface area contributed by atoms with Crippen molar-refractivity contribution in [1.82, 2.24) is 14.7 Å². The molecule has 0 bridgehead atoms. The van der Waals surface area contributed by atoms with Gasteiger partial charge in [0, 0.05) is 24.2 Å². The Bertz CT molecular complexity index is 911. The molecule has 1 atom stereocenters. The number of rotatable bonds is 5. The van der Waals surface area contributed by atoms with Gasteiger partial charge in [0.25, 0.3) is 5.91 Å². The number of halogens is 1. The van der Waals surface area contributed by atoms with Crippen LogP contribution in [0, 0.1) is 5.92 Å². The quantitative estimate of drug-likeness (QED) is 0.657. The van der Waals surface area contributed by atoms with Gasteiger partial charge in [-0.2, -0.15) is 5.10 Å². The molecule has 26 heavy (non-hydrogen) atoms. The summed E-state index contributed by atoms with van der Waals surface area (Å²) in [5.41, 5.74) is 1.95. The molecule has 1 aromatic carbocycles. The lowest BCUT2D eigenvalue weighted by atomic mass is 10.2. The second-order valence-electron chi connectivity index (χ2n) is 6.77. The molecule has 2 aromatic heterocycles. The van der Waals surface area contributed by atoms with Gasteiger partial charge in [-0.15, -0.1) is 0 Å². The highest BCUT2D eigenvalue weighted by molar-refractivity contribution is 6.30. The second-order valence-corrected chi connectivity index (χ2v) is 7.21. The van der Waals surface area contributed by atoms with Gasteiger partial charge in [0.15, 0.2) is 11.5 Å². The number of nitrogens with zero attached hydrogens (tertiary/aromatic N) is 3. The summed E-state index contributed by atoms with van der Waals surface area (Å²) in [7, 11) is 1.85. The average molecular weight is 370 g/mol. The highest BCUT2D eigenvalue weighted by atomic mass is 35.5. The van der Waals surface area contributed by atoms with E-state index in [-0.39, 0.29) is 11.9 Å². The Morgan fingerprint density at radius 3 is 2.65 bits per heavy atom. The molecule has 0 spiro atoms. The van der Waals surface area contributed by atoms with Crippen molar-refractivity contribution in [2.24, 2.45) is 5.92 Å². The Morgan fingerprint density at radius 1 is 1.31 bits per heavy atom. The maximum absolute atomic E-state index is 12.9. The van der Waals surface area contributed by atoms with E-state index in [1.807, 2.05) is 31.3 Å². The van der Waals surface area contributed by atoms with Gasteiger partial charge in [0.05, 0.1) is 12.0 Å². The Hall–Kier alpha value is -2.53. The van der Waals surface area contributed by atoms with E-state index in [4.69, 9.17) is 16.0 Å². The molecular formula is C20H20ClN3O2. The van der Waals surface area contributed by atoms with Gasteiger partial charge in [0.2, 0.25) is 0 Å². The van der Waals surface area contributed by atoms with E-state index in [9.17, 15) is 4.79 Å².